The summed E-state index contributed by atoms with van der Waals surface area (Å²) in [7, 11) is -1.45. The highest BCUT2D eigenvalue weighted by atomic mass is 32.2. The molecule has 0 bridgehead atoms. The maximum atomic E-state index is 12.3. The fourth-order valence-corrected chi connectivity index (χ4v) is 4.78. The predicted octanol–water partition coefficient (Wildman–Crippen LogP) is 1.31. The molecule has 1 unspecified atom stereocenters. The van der Waals surface area contributed by atoms with Gasteiger partial charge in [0.15, 0.2) is 0 Å². The molecule has 7 heteroatoms. The van der Waals surface area contributed by atoms with Crippen LogP contribution in [0.15, 0.2) is 11.0 Å². The minimum Gasteiger partial charge on any atom is -0.391 e. The first-order valence-corrected chi connectivity index (χ1v) is 9.07. The number of aryl methyl sites for hydroxylation is 1. The second kappa shape index (κ2) is 6.11. The Labute approximate surface area is 124 Å². The Morgan fingerprint density at radius 2 is 2.20 bits per heavy atom. The molecule has 1 aromatic rings. The fraction of sp³-hybridized carbons (Fsp3) is 0.692. The van der Waals surface area contributed by atoms with Crippen LogP contribution in [-0.4, -0.2) is 44.1 Å². The van der Waals surface area contributed by atoms with Gasteiger partial charge >= 0.3 is 0 Å². The van der Waals surface area contributed by atoms with Crippen LogP contribution in [0.25, 0.3) is 0 Å². The molecule has 1 atom stereocenters. The monoisotopic (exact) mass is 318 g/mol. The molecular weight excluding hydrogens is 296 g/mol. The molecule has 1 aliphatic carbocycles. The summed E-state index contributed by atoms with van der Waals surface area (Å²) >= 11 is 1.32. The number of aliphatic hydroxyl groups is 1. The molecule has 1 fully saturated rings. The van der Waals surface area contributed by atoms with E-state index in [0.717, 1.165) is 0 Å². The lowest BCUT2D eigenvalue weighted by atomic mass is 10.3. The zero-order valence-corrected chi connectivity index (χ0v) is 13.7. The van der Waals surface area contributed by atoms with Crippen molar-refractivity contribution in [2.75, 3.05) is 13.6 Å². The van der Waals surface area contributed by atoms with E-state index in [1.165, 1.54) is 24.2 Å². The van der Waals surface area contributed by atoms with Crippen molar-refractivity contribution in [1.82, 2.24) is 9.62 Å². The van der Waals surface area contributed by atoms with Crippen LogP contribution in [0.1, 0.15) is 29.5 Å². The van der Waals surface area contributed by atoms with Crippen LogP contribution in [0.2, 0.25) is 0 Å². The number of aliphatic hydroxyl groups excluding tert-OH is 1. The number of likely N-dealkylation sites (N-methyl/N-ethyl adjacent to an activating group) is 1. The topological polar surface area (TPSA) is 69.6 Å². The van der Waals surface area contributed by atoms with Crippen molar-refractivity contribution in [3.8, 4) is 0 Å². The maximum absolute atomic E-state index is 12.3. The average Bonchev–Trinajstić information content (AvgIpc) is 3.17. The Morgan fingerprint density at radius 3 is 2.70 bits per heavy atom. The number of hydrogen-bond donors (Lipinski definition) is 2. The third kappa shape index (κ3) is 3.59. The molecule has 0 spiro atoms. The summed E-state index contributed by atoms with van der Waals surface area (Å²) in [6, 6.07) is 2.34. The summed E-state index contributed by atoms with van der Waals surface area (Å²) in [6.07, 6.45) is 2.41. The van der Waals surface area contributed by atoms with Crippen LogP contribution in [0.3, 0.4) is 0 Å². The third-order valence-corrected chi connectivity index (χ3v) is 6.47. The normalized spacial score (nSPS) is 17.6. The zero-order chi connectivity index (χ0) is 14.9. The molecular formula is C13H22N2O3S2. The molecule has 0 aliphatic heterocycles. The van der Waals surface area contributed by atoms with Crippen molar-refractivity contribution < 1.29 is 13.5 Å². The fourth-order valence-electron chi connectivity index (χ4n) is 2.16. The van der Waals surface area contributed by atoms with Crippen molar-refractivity contribution in [2.24, 2.45) is 0 Å². The molecule has 114 valence electrons. The van der Waals surface area contributed by atoms with Crippen LogP contribution < -0.4 is 4.72 Å². The van der Waals surface area contributed by atoms with Crippen LogP contribution in [0.4, 0.5) is 0 Å². The van der Waals surface area contributed by atoms with Crippen molar-refractivity contribution in [2.45, 2.75) is 50.3 Å². The van der Waals surface area contributed by atoms with E-state index in [4.69, 9.17) is 5.11 Å². The van der Waals surface area contributed by atoms with Gasteiger partial charge in [-0.15, -0.1) is 11.3 Å². The summed E-state index contributed by atoms with van der Waals surface area (Å²) < 4.78 is 27.3. The van der Waals surface area contributed by atoms with E-state index in [1.54, 1.807) is 13.0 Å². The van der Waals surface area contributed by atoms with Gasteiger partial charge in [-0.05, 0) is 39.8 Å². The summed E-state index contributed by atoms with van der Waals surface area (Å²) in [4.78, 5) is 3.89. The number of sulfonamides is 1. The first kappa shape index (κ1) is 15.9. The Balaban J connectivity index is 2.01. The molecule has 0 aromatic carbocycles. The van der Waals surface area contributed by atoms with Crippen LogP contribution in [0.5, 0.6) is 0 Å². The second-order valence-corrected chi connectivity index (χ2v) is 8.47. The van der Waals surface area contributed by atoms with Gasteiger partial charge in [0, 0.05) is 28.4 Å². The van der Waals surface area contributed by atoms with Crippen molar-refractivity contribution in [3.63, 3.8) is 0 Å². The summed E-state index contributed by atoms with van der Waals surface area (Å²) in [5.41, 5.74) is 0. The Kier molecular flexibility index (Phi) is 4.86. The van der Waals surface area contributed by atoms with Gasteiger partial charge in [0.25, 0.3) is 0 Å². The molecule has 1 aliphatic rings. The van der Waals surface area contributed by atoms with Gasteiger partial charge in [-0.25, -0.2) is 13.1 Å². The lowest BCUT2D eigenvalue weighted by molar-refractivity contribution is 0.248. The lowest BCUT2D eigenvalue weighted by Crippen LogP contribution is -2.41. The minimum absolute atomic E-state index is 0.123. The number of rotatable bonds is 7. The molecule has 20 heavy (non-hydrogen) atoms. The van der Waals surface area contributed by atoms with Gasteiger partial charge in [0.2, 0.25) is 10.0 Å². The van der Waals surface area contributed by atoms with Crippen LogP contribution >= 0.6 is 11.3 Å². The van der Waals surface area contributed by atoms with Gasteiger partial charge < -0.3 is 5.11 Å². The molecule has 0 amide bonds. The molecule has 1 aromatic heterocycles. The Hall–Kier alpha value is -0.470. The van der Waals surface area contributed by atoms with Gasteiger partial charge in [0.1, 0.15) is 0 Å². The molecule has 5 nitrogen and oxygen atoms in total. The minimum atomic E-state index is -3.49. The van der Waals surface area contributed by atoms with E-state index < -0.39 is 10.0 Å². The number of nitrogens with one attached hydrogen (secondary N) is 1. The first-order chi connectivity index (χ1) is 9.35. The van der Waals surface area contributed by atoms with E-state index in [9.17, 15) is 8.42 Å². The standard InChI is InChI=1S/C13H22N2O3S2/c1-9(15(3)11-4-5-11)7-14-20(17,18)13-6-12(8-16)19-10(13)2/h6,9,11,14,16H,4-5,7-8H2,1-3H3. The third-order valence-electron chi connectivity index (χ3n) is 3.76. The highest BCUT2D eigenvalue weighted by Gasteiger charge is 2.30. The van der Waals surface area contributed by atoms with Gasteiger partial charge in [0.05, 0.1) is 11.5 Å². The lowest BCUT2D eigenvalue weighted by Gasteiger charge is -2.24. The SMILES string of the molecule is Cc1sc(CO)cc1S(=O)(=O)NCC(C)N(C)C1CC1. The molecule has 1 saturated carbocycles. The van der Waals surface area contributed by atoms with Gasteiger partial charge in [-0.3, -0.25) is 4.90 Å². The van der Waals surface area contributed by atoms with Gasteiger partial charge in [-0.2, -0.15) is 0 Å². The summed E-state index contributed by atoms with van der Waals surface area (Å²) in [5.74, 6) is 0. The maximum Gasteiger partial charge on any atom is 0.241 e. The highest BCUT2D eigenvalue weighted by molar-refractivity contribution is 7.89. The summed E-state index contributed by atoms with van der Waals surface area (Å²) in [5, 5.41) is 9.09. The molecule has 2 N–H and O–H groups in total. The van der Waals surface area contributed by atoms with E-state index in [2.05, 4.69) is 9.62 Å². The zero-order valence-electron chi connectivity index (χ0n) is 12.1. The number of nitrogens with zero attached hydrogens (tertiary/aromatic N) is 1. The van der Waals surface area contributed by atoms with E-state index >= 15 is 0 Å². The van der Waals surface area contributed by atoms with Crippen molar-refractivity contribution in [3.05, 3.63) is 15.8 Å². The predicted molar refractivity (Wildman–Crippen MR) is 80.4 cm³/mol. The van der Waals surface area contributed by atoms with E-state index in [1.807, 2.05) is 14.0 Å². The van der Waals surface area contributed by atoms with Crippen LogP contribution in [0, 0.1) is 6.92 Å². The van der Waals surface area contributed by atoms with E-state index in [-0.39, 0.29) is 17.5 Å². The quantitative estimate of drug-likeness (QED) is 0.795. The van der Waals surface area contributed by atoms with E-state index in [0.29, 0.717) is 22.3 Å². The number of hydrogen-bond acceptors (Lipinski definition) is 5. The Bertz CT molecular complexity index is 564. The molecule has 0 radical (unpaired) electrons. The van der Waals surface area contributed by atoms with Crippen LogP contribution in [-0.2, 0) is 16.6 Å². The van der Waals surface area contributed by atoms with Crippen molar-refractivity contribution >= 4 is 21.4 Å². The highest BCUT2D eigenvalue weighted by Crippen LogP contribution is 2.27. The van der Waals surface area contributed by atoms with Gasteiger partial charge in [-0.1, -0.05) is 0 Å². The Morgan fingerprint density at radius 1 is 1.55 bits per heavy atom. The van der Waals surface area contributed by atoms with Crippen molar-refractivity contribution in [1.29, 1.82) is 0 Å². The molecule has 2 rings (SSSR count). The molecule has 1 heterocycles. The first-order valence-electron chi connectivity index (χ1n) is 6.77. The molecule has 0 saturated heterocycles. The largest absolute Gasteiger partial charge is 0.391 e. The second-order valence-electron chi connectivity index (χ2n) is 5.39. The average molecular weight is 318 g/mol. The number of thiophene rings is 1. The summed E-state index contributed by atoms with van der Waals surface area (Å²) in [6.45, 7) is 4.07. The smallest absolute Gasteiger partial charge is 0.241 e.